The van der Waals surface area contributed by atoms with Crippen molar-refractivity contribution in [3.05, 3.63) is 34.7 Å². The normalized spacial score (nSPS) is 21.0. The van der Waals surface area contributed by atoms with Crippen LogP contribution in [0, 0.1) is 11.8 Å². The van der Waals surface area contributed by atoms with Gasteiger partial charge in [0.1, 0.15) is 6.29 Å². The van der Waals surface area contributed by atoms with Gasteiger partial charge in [0.2, 0.25) is 5.91 Å². The molecule has 138 valence electrons. The number of hydrogen-bond acceptors (Lipinski definition) is 5. The summed E-state index contributed by atoms with van der Waals surface area (Å²) < 4.78 is 1.61. The Morgan fingerprint density at radius 1 is 1.40 bits per heavy atom. The van der Waals surface area contributed by atoms with Crippen LogP contribution in [0.4, 0.5) is 0 Å². The molecule has 1 aliphatic heterocycles. The average molecular weight is 348 g/mol. The van der Waals surface area contributed by atoms with Crippen molar-refractivity contribution in [3.8, 4) is 0 Å². The molecule has 0 aliphatic carbocycles. The smallest absolute Gasteiger partial charge is 0.250 e. The van der Waals surface area contributed by atoms with Gasteiger partial charge in [-0.25, -0.2) is 0 Å². The quantitative estimate of drug-likeness (QED) is 0.442. The number of carbonyl (C=O) groups is 2. The number of nitrogens with two attached hydrogens (primary N) is 1. The molecule has 0 aromatic carbocycles. The van der Waals surface area contributed by atoms with E-state index in [0.717, 1.165) is 12.7 Å². The van der Waals surface area contributed by atoms with E-state index in [4.69, 9.17) is 5.73 Å². The van der Waals surface area contributed by atoms with Gasteiger partial charge in [-0.15, -0.1) is 0 Å². The lowest BCUT2D eigenvalue weighted by molar-refractivity contribution is -0.123. The molecule has 1 aromatic rings. The molecule has 2 heterocycles. The number of rotatable bonds is 9. The number of carbonyl (C=O) groups excluding carboxylic acids is 2. The van der Waals surface area contributed by atoms with Crippen LogP contribution in [0.1, 0.15) is 39.2 Å². The standard InChI is InChI=1S/C18H28N4O3/c1-12(2)9-15(22-8-4-3-5-16(22)24)17(19)21-14(11-23)10-13-6-7-20-18(13)25/h3-5,8,11-15,17,21H,6-7,9-10,19H2,1-2H3,(H,20,25)/t13-,14-,15?,17-/m0/s1. The molecule has 7 nitrogen and oxygen atoms in total. The zero-order chi connectivity index (χ0) is 18.4. The monoisotopic (exact) mass is 348 g/mol. The number of nitrogens with one attached hydrogen (secondary N) is 2. The minimum atomic E-state index is -0.567. The Hall–Kier alpha value is -1.99. The van der Waals surface area contributed by atoms with Gasteiger partial charge in [-0.1, -0.05) is 19.9 Å². The molecule has 0 bridgehead atoms. The average Bonchev–Trinajstić information content (AvgIpc) is 2.97. The maximum Gasteiger partial charge on any atom is 0.250 e. The van der Waals surface area contributed by atoms with E-state index in [1.807, 2.05) is 0 Å². The van der Waals surface area contributed by atoms with Gasteiger partial charge in [0.15, 0.2) is 0 Å². The second-order valence-electron chi connectivity index (χ2n) is 7.09. The topological polar surface area (TPSA) is 106 Å². The number of aromatic nitrogens is 1. The highest BCUT2D eigenvalue weighted by Crippen LogP contribution is 2.20. The van der Waals surface area contributed by atoms with Crippen LogP contribution in [0.25, 0.3) is 0 Å². The first-order valence-corrected chi connectivity index (χ1v) is 8.84. The molecule has 0 spiro atoms. The van der Waals surface area contributed by atoms with Crippen LogP contribution in [0.2, 0.25) is 0 Å². The van der Waals surface area contributed by atoms with E-state index in [1.165, 1.54) is 6.07 Å². The van der Waals surface area contributed by atoms with Crippen LogP contribution in [-0.4, -0.2) is 35.5 Å². The molecule has 0 saturated carbocycles. The van der Waals surface area contributed by atoms with Crippen molar-refractivity contribution in [2.75, 3.05) is 6.54 Å². The maximum atomic E-state index is 12.2. The highest BCUT2D eigenvalue weighted by Gasteiger charge is 2.29. The summed E-state index contributed by atoms with van der Waals surface area (Å²) in [6, 6.07) is 4.20. The molecule has 4 N–H and O–H groups in total. The molecule has 1 saturated heterocycles. The third-order valence-corrected chi connectivity index (χ3v) is 4.61. The first-order chi connectivity index (χ1) is 11.9. The van der Waals surface area contributed by atoms with E-state index in [1.54, 1.807) is 22.9 Å². The van der Waals surface area contributed by atoms with Crippen molar-refractivity contribution in [3.63, 3.8) is 0 Å². The molecule has 1 unspecified atom stereocenters. The lowest BCUT2D eigenvalue weighted by atomic mass is 9.97. The van der Waals surface area contributed by atoms with Crippen molar-refractivity contribution in [2.24, 2.45) is 17.6 Å². The third kappa shape index (κ3) is 5.24. The van der Waals surface area contributed by atoms with Crippen LogP contribution in [0.5, 0.6) is 0 Å². The molecule has 1 aromatic heterocycles. The third-order valence-electron chi connectivity index (χ3n) is 4.61. The Morgan fingerprint density at radius 3 is 2.72 bits per heavy atom. The van der Waals surface area contributed by atoms with Crippen LogP contribution < -0.4 is 21.9 Å². The summed E-state index contributed by atoms with van der Waals surface area (Å²) >= 11 is 0. The van der Waals surface area contributed by atoms with E-state index in [2.05, 4.69) is 24.5 Å². The molecule has 4 atom stereocenters. The van der Waals surface area contributed by atoms with Crippen molar-refractivity contribution in [1.29, 1.82) is 0 Å². The molecule has 25 heavy (non-hydrogen) atoms. The molecular formula is C18H28N4O3. The Kier molecular flexibility index (Phi) is 6.90. The van der Waals surface area contributed by atoms with Gasteiger partial charge in [-0.05, 0) is 31.2 Å². The van der Waals surface area contributed by atoms with Gasteiger partial charge in [0, 0.05) is 24.7 Å². The molecule has 0 radical (unpaired) electrons. The number of aldehydes is 1. The van der Waals surface area contributed by atoms with Crippen LogP contribution in [0.3, 0.4) is 0 Å². The van der Waals surface area contributed by atoms with E-state index >= 15 is 0 Å². The Morgan fingerprint density at radius 2 is 2.16 bits per heavy atom. The number of pyridine rings is 1. The number of amides is 1. The number of hydrogen-bond donors (Lipinski definition) is 3. The summed E-state index contributed by atoms with van der Waals surface area (Å²) in [5.41, 5.74) is 6.20. The summed E-state index contributed by atoms with van der Waals surface area (Å²) in [5.74, 6) is 0.151. The summed E-state index contributed by atoms with van der Waals surface area (Å²) in [6.45, 7) is 4.78. The number of nitrogens with zero attached hydrogens (tertiary/aromatic N) is 1. The fraction of sp³-hybridized carbons (Fsp3) is 0.611. The minimum absolute atomic E-state index is 0.0137. The van der Waals surface area contributed by atoms with Gasteiger partial charge < -0.3 is 20.4 Å². The molecular weight excluding hydrogens is 320 g/mol. The van der Waals surface area contributed by atoms with E-state index in [0.29, 0.717) is 25.3 Å². The predicted octanol–water partition coefficient (Wildman–Crippen LogP) is 0.404. The van der Waals surface area contributed by atoms with Gasteiger partial charge in [0.25, 0.3) is 5.56 Å². The highest BCUT2D eigenvalue weighted by molar-refractivity contribution is 5.81. The first kappa shape index (κ1) is 19.3. The van der Waals surface area contributed by atoms with Gasteiger partial charge in [-0.3, -0.25) is 14.9 Å². The first-order valence-electron chi connectivity index (χ1n) is 8.84. The molecule has 7 heteroatoms. The minimum Gasteiger partial charge on any atom is -0.356 e. The second-order valence-corrected chi connectivity index (χ2v) is 7.09. The van der Waals surface area contributed by atoms with Gasteiger partial charge in [-0.2, -0.15) is 0 Å². The maximum absolute atomic E-state index is 12.2. The van der Waals surface area contributed by atoms with E-state index in [-0.39, 0.29) is 23.4 Å². The van der Waals surface area contributed by atoms with Crippen molar-refractivity contribution < 1.29 is 9.59 Å². The van der Waals surface area contributed by atoms with E-state index < -0.39 is 12.2 Å². The van der Waals surface area contributed by atoms with Crippen molar-refractivity contribution in [2.45, 2.75) is 51.4 Å². The predicted molar refractivity (Wildman–Crippen MR) is 95.9 cm³/mol. The van der Waals surface area contributed by atoms with Crippen molar-refractivity contribution >= 4 is 12.2 Å². The summed E-state index contributed by atoms with van der Waals surface area (Å²) in [7, 11) is 0. The van der Waals surface area contributed by atoms with E-state index in [9.17, 15) is 14.4 Å². The lowest BCUT2D eigenvalue weighted by Gasteiger charge is -2.30. The Balaban J connectivity index is 2.10. The molecule has 1 amide bonds. The largest absolute Gasteiger partial charge is 0.356 e. The summed E-state index contributed by atoms with van der Waals surface area (Å²) in [4.78, 5) is 35.4. The molecule has 1 fully saturated rings. The Bertz CT molecular complexity index is 643. The van der Waals surface area contributed by atoms with Crippen LogP contribution in [-0.2, 0) is 9.59 Å². The van der Waals surface area contributed by atoms with Crippen LogP contribution in [0.15, 0.2) is 29.2 Å². The lowest BCUT2D eigenvalue weighted by Crippen LogP contribution is -2.52. The van der Waals surface area contributed by atoms with Gasteiger partial charge in [0.05, 0.1) is 18.2 Å². The fourth-order valence-corrected chi connectivity index (χ4v) is 3.33. The summed E-state index contributed by atoms with van der Waals surface area (Å²) in [5, 5.41) is 5.89. The fourth-order valence-electron chi connectivity index (χ4n) is 3.33. The van der Waals surface area contributed by atoms with Crippen molar-refractivity contribution in [1.82, 2.24) is 15.2 Å². The molecule has 1 aliphatic rings. The Labute approximate surface area is 148 Å². The zero-order valence-electron chi connectivity index (χ0n) is 14.9. The zero-order valence-corrected chi connectivity index (χ0v) is 14.9. The highest BCUT2D eigenvalue weighted by atomic mass is 16.2. The van der Waals surface area contributed by atoms with Gasteiger partial charge >= 0.3 is 0 Å². The summed E-state index contributed by atoms with van der Waals surface area (Å²) in [6.07, 6.45) is 3.80. The molecule has 2 rings (SSSR count). The second kappa shape index (κ2) is 8.92. The SMILES string of the molecule is CC(C)CC([C@@H](N)N[C@H](C=O)C[C@@H]1CCNC1=O)n1ccccc1=O. The van der Waals surface area contributed by atoms with Crippen LogP contribution >= 0.6 is 0 Å².